The van der Waals surface area contributed by atoms with Crippen molar-refractivity contribution in [1.82, 2.24) is 19.5 Å². The third-order valence-electron chi connectivity index (χ3n) is 4.00. The molecule has 0 fully saturated rings. The number of benzene rings is 1. The summed E-state index contributed by atoms with van der Waals surface area (Å²) in [6.45, 7) is 3.71. The highest BCUT2D eigenvalue weighted by molar-refractivity contribution is 9.10. The molecule has 146 valence electrons. The zero-order chi connectivity index (χ0) is 20.4. The minimum Gasteiger partial charge on any atom is -0.439 e. The molecule has 0 aliphatic carbocycles. The number of rotatable bonds is 5. The van der Waals surface area contributed by atoms with Crippen molar-refractivity contribution in [2.24, 2.45) is 0 Å². The van der Waals surface area contributed by atoms with Crippen molar-refractivity contribution < 1.29 is 9.53 Å². The Labute approximate surface area is 179 Å². The monoisotopic (exact) mass is 469 g/mol. The van der Waals surface area contributed by atoms with Gasteiger partial charge in [-0.25, -0.2) is 9.97 Å². The molecule has 0 atom stereocenters. The number of hydrogen-bond donors (Lipinski definition) is 1. The lowest BCUT2D eigenvalue weighted by molar-refractivity contribution is 0.103. The molecular weight excluding hydrogens is 454 g/mol. The Morgan fingerprint density at radius 1 is 1.17 bits per heavy atom. The molecule has 4 aromatic rings. The van der Waals surface area contributed by atoms with Crippen molar-refractivity contribution in [2.75, 3.05) is 5.32 Å². The second-order valence-corrected chi connectivity index (χ2v) is 7.99. The number of halogens is 1. The van der Waals surface area contributed by atoms with Crippen molar-refractivity contribution >= 4 is 38.9 Å². The maximum atomic E-state index is 12.2. The molecule has 0 saturated heterocycles. The first-order valence-electron chi connectivity index (χ1n) is 8.67. The van der Waals surface area contributed by atoms with Crippen LogP contribution in [-0.2, 0) is 0 Å². The van der Waals surface area contributed by atoms with Gasteiger partial charge in [-0.1, -0.05) is 0 Å². The average Bonchev–Trinajstić information content (AvgIpc) is 3.31. The van der Waals surface area contributed by atoms with Crippen molar-refractivity contribution in [3.8, 4) is 17.4 Å². The number of ether oxygens (including phenoxy) is 1. The topological polar surface area (TPSA) is 81.9 Å². The fraction of sp³-hybridized carbons (Fsp3) is 0.100. The van der Waals surface area contributed by atoms with Gasteiger partial charge >= 0.3 is 0 Å². The second-order valence-electron chi connectivity index (χ2n) is 6.17. The maximum Gasteiger partial charge on any atom is 0.265 e. The van der Waals surface area contributed by atoms with Crippen LogP contribution in [0.2, 0.25) is 0 Å². The summed E-state index contributed by atoms with van der Waals surface area (Å²) in [7, 11) is 0. The lowest BCUT2D eigenvalue weighted by Crippen LogP contribution is -2.09. The van der Waals surface area contributed by atoms with Crippen LogP contribution in [0.3, 0.4) is 0 Å². The number of thiophene rings is 1. The van der Waals surface area contributed by atoms with Crippen molar-refractivity contribution in [1.29, 1.82) is 0 Å². The predicted molar refractivity (Wildman–Crippen MR) is 115 cm³/mol. The van der Waals surface area contributed by atoms with E-state index in [1.54, 1.807) is 42.6 Å². The molecule has 3 heterocycles. The zero-order valence-corrected chi connectivity index (χ0v) is 18.0. The van der Waals surface area contributed by atoms with E-state index < -0.39 is 0 Å². The fourth-order valence-electron chi connectivity index (χ4n) is 2.67. The number of aromatic nitrogens is 4. The smallest absolute Gasteiger partial charge is 0.265 e. The first kappa shape index (κ1) is 19.3. The minimum atomic E-state index is -0.152. The molecule has 1 N–H and O–H groups in total. The molecule has 7 nitrogen and oxygen atoms in total. The Hall–Kier alpha value is -3.04. The summed E-state index contributed by atoms with van der Waals surface area (Å²) in [6, 6.07) is 10.7. The zero-order valence-electron chi connectivity index (χ0n) is 15.6. The summed E-state index contributed by atoms with van der Waals surface area (Å²) in [5.41, 5.74) is 0.681. The van der Waals surface area contributed by atoms with Crippen molar-refractivity contribution in [3.05, 3.63) is 75.2 Å². The van der Waals surface area contributed by atoms with Crippen LogP contribution in [0.1, 0.15) is 21.3 Å². The summed E-state index contributed by atoms with van der Waals surface area (Å²) < 4.78 is 8.64. The van der Waals surface area contributed by atoms with Gasteiger partial charge in [-0.05, 0) is 60.1 Å². The fourth-order valence-corrected chi connectivity index (χ4v) is 3.99. The number of aryl methyl sites for hydroxylation is 2. The van der Waals surface area contributed by atoms with Crippen LogP contribution in [0.5, 0.6) is 11.6 Å². The third-order valence-corrected chi connectivity index (χ3v) is 5.69. The van der Waals surface area contributed by atoms with Crippen LogP contribution < -0.4 is 10.1 Å². The quantitative estimate of drug-likeness (QED) is 0.437. The molecule has 1 amide bonds. The molecule has 0 radical (unpaired) electrons. The summed E-state index contributed by atoms with van der Waals surface area (Å²) in [6.07, 6.45) is 3.56. The molecule has 3 aromatic heterocycles. The number of amides is 1. The molecule has 1 aromatic carbocycles. The highest BCUT2D eigenvalue weighted by Crippen LogP contribution is 2.25. The molecule has 0 unspecified atom stereocenters. The largest absolute Gasteiger partial charge is 0.439 e. The molecule has 0 bridgehead atoms. The number of carbonyl (C=O) groups is 1. The van der Waals surface area contributed by atoms with Gasteiger partial charge in [-0.2, -0.15) is 4.98 Å². The Bertz CT molecular complexity index is 1170. The highest BCUT2D eigenvalue weighted by Gasteiger charge is 2.10. The van der Waals surface area contributed by atoms with Gasteiger partial charge in [0, 0.05) is 34.0 Å². The van der Waals surface area contributed by atoms with E-state index in [1.807, 2.05) is 30.0 Å². The summed E-state index contributed by atoms with van der Waals surface area (Å²) >= 11 is 4.73. The lowest BCUT2D eigenvalue weighted by Gasteiger charge is -2.10. The molecular formula is C20H16BrN5O2S. The van der Waals surface area contributed by atoms with Crippen molar-refractivity contribution in [3.63, 3.8) is 0 Å². The van der Waals surface area contributed by atoms with Gasteiger partial charge in [0.25, 0.3) is 5.91 Å². The van der Waals surface area contributed by atoms with Crippen LogP contribution >= 0.6 is 27.3 Å². The average molecular weight is 470 g/mol. The second kappa shape index (κ2) is 8.14. The van der Waals surface area contributed by atoms with E-state index in [0.717, 1.165) is 10.3 Å². The van der Waals surface area contributed by atoms with Gasteiger partial charge in [0.1, 0.15) is 23.2 Å². The van der Waals surface area contributed by atoms with Crippen LogP contribution in [-0.4, -0.2) is 25.4 Å². The van der Waals surface area contributed by atoms with Gasteiger partial charge in [0.05, 0.1) is 4.88 Å². The van der Waals surface area contributed by atoms with Crippen molar-refractivity contribution in [2.45, 2.75) is 13.8 Å². The Balaban J connectivity index is 1.48. The normalized spacial score (nSPS) is 10.7. The Kier molecular flexibility index (Phi) is 5.41. The Morgan fingerprint density at radius 2 is 1.97 bits per heavy atom. The van der Waals surface area contributed by atoms with E-state index in [1.165, 1.54) is 11.3 Å². The number of hydrogen-bond acceptors (Lipinski definition) is 6. The molecule has 29 heavy (non-hydrogen) atoms. The SMILES string of the molecule is Cc1nc(Oc2ccc(NC(=O)c3cc(Br)cs3)cc2)cc(-n2ccnc2C)n1. The number of anilines is 1. The third kappa shape index (κ3) is 4.52. The standard InChI is InChI=1S/C20H16BrN5O2S/c1-12-23-18(26-8-7-22-13(26)2)10-19(24-12)28-16-5-3-15(4-6-16)25-20(27)17-9-14(21)11-29-17/h3-11H,1-2H3,(H,25,27). The maximum absolute atomic E-state index is 12.2. The molecule has 0 spiro atoms. The van der Waals surface area contributed by atoms with E-state index in [0.29, 0.717) is 33.8 Å². The molecule has 0 aliphatic heterocycles. The summed E-state index contributed by atoms with van der Waals surface area (Å²) in [5, 5.41) is 4.73. The molecule has 0 aliphatic rings. The lowest BCUT2D eigenvalue weighted by atomic mass is 10.3. The van der Waals surface area contributed by atoms with Gasteiger partial charge in [-0.15, -0.1) is 11.3 Å². The van der Waals surface area contributed by atoms with Crippen LogP contribution in [0.4, 0.5) is 5.69 Å². The Morgan fingerprint density at radius 3 is 2.62 bits per heavy atom. The van der Waals surface area contributed by atoms with Gasteiger partial charge in [0.15, 0.2) is 0 Å². The van der Waals surface area contributed by atoms with E-state index in [4.69, 9.17) is 4.74 Å². The van der Waals surface area contributed by atoms with Crippen LogP contribution in [0.15, 0.2) is 58.6 Å². The number of nitrogens with one attached hydrogen (secondary N) is 1. The first-order chi connectivity index (χ1) is 14.0. The van der Waals surface area contributed by atoms with Gasteiger partial charge < -0.3 is 10.1 Å². The molecule has 9 heteroatoms. The summed E-state index contributed by atoms with van der Waals surface area (Å²) in [4.78, 5) is 25.9. The predicted octanol–water partition coefficient (Wildman–Crippen LogP) is 5.15. The summed E-state index contributed by atoms with van der Waals surface area (Å²) in [5.74, 6) is 2.99. The van der Waals surface area contributed by atoms with E-state index >= 15 is 0 Å². The minimum absolute atomic E-state index is 0.152. The number of nitrogens with zero attached hydrogens (tertiary/aromatic N) is 4. The number of imidazole rings is 1. The highest BCUT2D eigenvalue weighted by atomic mass is 79.9. The van der Waals surface area contributed by atoms with Crippen LogP contribution in [0.25, 0.3) is 5.82 Å². The van der Waals surface area contributed by atoms with Crippen LogP contribution in [0, 0.1) is 13.8 Å². The van der Waals surface area contributed by atoms with E-state index in [2.05, 4.69) is 36.2 Å². The van der Waals surface area contributed by atoms with E-state index in [-0.39, 0.29) is 5.91 Å². The van der Waals surface area contributed by atoms with E-state index in [9.17, 15) is 4.79 Å². The molecule has 0 saturated carbocycles. The first-order valence-corrected chi connectivity index (χ1v) is 10.3. The van der Waals surface area contributed by atoms with Gasteiger partial charge in [-0.3, -0.25) is 9.36 Å². The molecule has 4 rings (SSSR count). The number of carbonyl (C=O) groups excluding carboxylic acids is 1. The van der Waals surface area contributed by atoms with Gasteiger partial charge in [0.2, 0.25) is 5.88 Å².